The lowest BCUT2D eigenvalue weighted by Crippen LogP contribution is -2.12. The van der Waals surface area contributed by atoms with E-state index in [1.165, 1.54) is 44.2 Å². The maximum Gasteiger partial charge on any atom is 0.255 e. The molecule has 0 bridgehead atoms. The Labute approximate surface area is 150 Å². The van der Waals surface area contributed by atoms with Gasteiger partial charge in [0.15, 0.2) is 0 Å². The first kappa shape index (κ1) is 17.3. The number of thioether (sulfide) groups is 1. The van der Waals surface area contributed by atoms with E-state index >= 15 is 0 Å². The molecule has 0 spiro atoms. The van der Waals surface area contributed by atoms with Gasteiger partial charge in [0, 0.05) is 21.4 Å². The van der Waals surface area contributed by atoms with E-state index in [9.17, 15) is 9.18 Å². The highest BCUT2D eigenvalue weighted by molar-refractivity contribution is 8.00. The minimum atomic E-state index is -0.328. The molecule has 1 saturated carbocycles. The van der Waals surface area contributed by atoms with Gasteiger partial charge in [-0.15, -0.1) is 11.8 Å². The van der Waals surface area contributed by atoms with Gasteiger partial charge in [0.2, 0.25) is 0 Å². The first-order valence-corrected chi connectivity index (χ1v) is 9.41. The van der Waals surface area contributed by atoms with Crippen molar-refractivity contribution in [1.82, 2.24) is 0 Å². The Balaban J connectivity index is 1.71. The molecule has 1 N–H and O–H groups in total. The van der Waals surface area contributed by atoms with Crippen LogP contribution in [0.1, 0.15) is 42.5 Å². The van der Waals surface area contributed by atoms with Gasteiger partial charge in [0.1, 0.15) is 5.82 Å². The summed E-state index contributed by atoms with van der Waals surface area (Å²) >= 11 is 8.07. The van der Waals surface area contributed by atoms with Crippen LogP contribution < -0.4 is 5.32 Å². The molecule has 1 aliphatic rings. The molecule has 0 aliphatic heterocycles. The van der Waals surface area contributed by atoms with Gasteiger partial charge in [0.05, 0.1) is 5.02 Å². The number of rotatable bonds is 4. The van der Waals surface area contributed by atoms with Crippen molar-refractivity contribution in [2.45, 2.75) is 42.2 Å². The summed E-state index contributed by atoms with van der Waals surface area (Å²) in [5.41, 5.74) is 1.12. The molecule has 2 nitrogen and oxygen atoms in total. The van der Waals surface area contributed by atoms with Crippen molar-refractivity contribution in [3.8, 4) is 0 Å². The molecule has 0 aromatic heterocycles. The fourth-order valence-electron chi connectivity index (χ4n) is 2.83. The molecule has 2 aromatic carbocycles. The Morgan fingerprint density at radius 3 is 2.50 bits per heavy atom. The number of hydrogen-bond donors (Lipinski definition) is 1. The summed E-state index contributed by atoms with van der Waals surface area (Å²) in [6.45, 7) is 0. The predicted octanol–water partition coefficient (Wildman–Crippen LogP) is 6.16. The van der Waals surface area contributed by atoms with E-state index in [4.69, 9.17) is 11.6 Å². The SMILES string of the molecule is O=C(Nc1ccc(F)cc1)c1ccc(Cl)c(SC2CCCCC2)c1. The number of halogens is 2. The lowest BCUT2D eigenvalue weighted by atomic mass is 10.0. The van der Waals surface area contributed by atoms with Gasteiger partial charge in [-0.25, -0.2) is 4.39 Å². The largest absolute Gasteiger partial charge is 0.322 e. The molecule has 126 valence electrons. The van der Waals surface area contributed by atoms with Crippen LogP contribution in [0.2, 0.25) is 5.02 Å². The third kappa shape index (κ3) is 4.52. The molecule has 0 unspecified atom stereocenters. The molecule has 1 amide bonds. The van der Waals surface area contributed by atoms with Gasteiger partial charge >= 0.3 is 0 Å². The van der Waals surface area contributed by atoms with E-state index in [2.05, 4.69) is 5.32 Å². The lowest BCUT2D eigenvalue weighted by molar-refractivity contribution is 0.102. The second kappa shape index (κ2) is 8.04. The topological polar surface area (TPSA) is 29.1 Å². The summed E-state index contributed by atoms with van der Waals surface area (Å²) in [6.07, 6.45) is 6.24. The van der Waals surface area contributed by atoms with Crippen molar-refractivity contribution >= 4 is 35.0 Å². The molecule has 24 heavy (non-hydrogen) atoms. The molecule has 0 atom stereocenters. The standard InChI is InChI=1S/C19H19ClFNOS/c20-17-11-6-13(12-18(17)24-16-4-2-1-3-5-16)19(23)22-15-9-7-14(21)8-10-15/h6-12,16H,1-5H2,(H,22,23). The molecular formula is C19H19ClFNOS. The van der Waals surface area contributed by atoms with E-state index in [-0.39, 0.29) is 11.7 Å². The second-order valence-electron chi connectivity index (χ2n) is 5.98. The fourth-order valence-corrected chi connectivity index (χ4v) is 4.39. The van der Waals surface area contributed by atoms with Crippen molar-refractivity contribution in [1.29, 1.82) is 0 Å². The van der Waals surface area contributed by atoms with Crippen LogP contribution in [0, 0.1) is 5.82 Å². The highest BCUT2D eigenvalue weighted by Crippen LogP contribution is 2.37. The zero-order chi connectivity index (χ0) is 16.9. The highest BCUT2D eigenvalue weighted by atomic mass is 35.5. The van der Waals surface area contributed by atoms with Gasteiger partial charge < -0.3 is 5.32 Å². The minimum Gasteiger partial charge on any atom is -0.322 e. The van der Waals surface area contributed by atoms with E-state index in [0.717, 1.165) is 4.90 Å². The van der Waals surface area contributed by atoms with Gasteiger partial charge in [-0.05, 0) is 55.3 Å². The van der Waals surface area contributed by atoms with Crippen LogP contribution in [-0.4, -0.2) is 11.2 Å². The van der Waals surface area contributed by atoms with Crippen molar-refractivity contribution in [3.63, 3.8) is 0 Å². The average Bonchev–Trinajstić information content (AvgIpc) is 2.60. The Morgan fingerprint density at radius 1 is 1.08 bits per heavy atom. The molecule has 0 radical (unpaired) electrons. The van der Waals surface area contributed by atoms with Crippen LogP contribution in [0.25, 0.3) is 0 Å². The summed E-state index contributed by atoms with van der Waals surface area (Å²) in [5.74, 6) is -0.547. The van der Waals surface area contributed by atoms with Crippen LogP contribution in [0.4, 0.5) is 10.1 Å². The summed E-state index contributed by atoms with van der Waals surface area (Å²) in [4.78, 5) is 13.4. The van der Waals surface area contributed by atoms with Gasteiger partial charge in [-0.1, -0.05) is 30.9 Å². The zero-order valence-corrected chi connectivity index (χ0v) is 14.8. The van der Waals surface area contributed by atoms with Crippen LogP contribution in [0.15, 0.2) is 47.4 Å². The number of amides is 1. The molecule has 1 fully saturated rings. The van der Waals surface area contributed by atoms with Gasteiger partial charge in [0.25, 0.3) is 5.91 Å². The number of nitrogens with one attached hydrogen (secondary N) is 1. The van der Waals surface area contributed by atoms with Crippen molar-refractivity contribution in [2.24, 2.45) is 0 Å². The predicted molar refractivity (Wildman–Crippen MR) is 98.5 cm³/mol. The summed E-state index contributed by atoms with van der Waals surface area (Å²) < 4.78 is 12.9. The first-order chi connectivity index (χ1) is 11.6. The second-order valence-corrected chi connectivity index (χ2v) is 7.73. The Bertz CT molecular complexity index is 714. The fraction of sp³-hybridized carbons (Fsp3) is 0.316. The van der Waals surface area contributed by atoms with Crippen LogP contribution in [0.3, 0.4) is 0 Å². The van der Waals surface area contributed by atoms with Crippen molar-refractivity contribution < 1.29 is 9.18 Å². The number of anilines is 1. The van der Waals surface area contributed by atoms with E-state index < -0.39 is 0 Å². The van der Waals surface area contributed by atoms with Crippen LogP contribution in [-0.2, 0) is 0 Å². The third-order valence-corrected chi connectivity index (χ3v) is 5.98. The average molecular weight is 364 g/mol. The molecular weight excluding hydrogens is 345 g/mol. The van der Waals surface area contributed by atoms with Gasteiger partial charge in [-0.2, -0.15) is 0 Å². The normalized spacial score (nSPS) is 15.2. The van der Waals surface area contributed by atoms with Crippen LogP contribution in [0.5, 0.6) is 0 Å². The quantitative estimate of drug-likeness (QED) is 0.705. The number of carbonyl (C=O) groups is 1. The monoisotopic (exact) mass is 363 g/mol. The number of hydrogen-bond acceptors (Lipinski definition) is 2. The highest BCUT2D eigenvalue weighted by Gasteiger charge is 2.17. The van der Waals surface area contributed by atoms with E-state index in [0.29, 0.717) is 21.5 Å². The molecule has 1 aliphatic carbocycles. The summed E-state index contributed by atoms with van der Waals surface area (Å²) in [6, 6.07) is 11.1. The zero-order valence-electron chi connectivity index (χ0n) is 13.2. The maximum absolute atomic E-state index is 12.9. The number of carbonyl (C=O) groups excluding carboxylic acids is 1. The van der Waals surface area contributed by atoms with E-state index in [1.54, 1.807) is 36.0 Å². The molecule has 3 rings (SSSR count). The van der Waals surface area contributed by atoms with Crippen LogP contribution >= 0.6 is 23.4 Å². The smallest absolute Gasteiger partial charge is 0.255 e. The summed E-state index contributed by atoms with van der Waals surface area (Å²) in [5, 5.41) is 4.04. The van der Waals surface area contributed by atoms with Gasteiger partial charge in [-0.3, -0.25) is 4.79 Å². The first-order valence-electron chi connectivity index (χ1n) is 8.15. The van der Waals surface area contributed by atoms with Crippen molar-refractivity contribution in [2.75, 3.05) is 5.32 Å². The minimum absolute atomic E-state index is 0.219. The van der Waals surface area contributed by atoms with E-state index in [1.807, 2.05) is 6.07 Å². The summed E-state index contributed by atoms with van der Waals surface area (Å²) in [7, 11) is 0. The Morgan fingerprint density at radius 2 is 1.79 bits per heavy atom. The Hall–Kier alpha value is -1.52. The Kier molecular flexibility index (Phi) is 5.80. The molecule has 0 saturated heterocycles. The van der Waals surface area contributed by atoms with Crippen molar-refractivity contribution in [3.05, 3.63) is 58.9 Å². The molecule has 2 aromatic rings. The number of benzene rings is 2. The maximum atomic E-state index is 12.9. The molecule has 5 heteroatoms. The molecule has 0 heterocycles. The lowest BCUT2D eigenvalue weighted by Gasteiger charge is -2.21. The third-order valence-electron chi connectivity index (χ3n) is 4.14.